The van der Waals surface area contributed by atoms with Gasteiger partial charge in [0.25, 0.3) is 0 Å². The summed E-state index contributed by atoms with van der Waals surface area (Å²) in [7, 11) is 4.53. The van der Waals surface area contributed by atoms with E-state index in [9.17, 15) is 0 Å². The minimum Gasteiger partial charge on any atom is -0.313 e. The fourth-order valence-electron chi connectivity index (χ4n) is 2.92. The van der Waals surface area contributed by atoms with Crippen LogP contribution in [0.4, 0.5) is 0 Å². The molecular formula is C15H33N3. The van der Waals surface area contributed by atoms with Gasteiger partial charge in [0.15, 0.2) is 0 Å². The lowest BCUT2D eigenvalue weighted by molar-refractivity contribution is 0.0847. The topological polar surface area (TPSA) is 18.5 Å². The summed E-state index contributed by atoms with van der Waals surface area (Å²) in [4.78, 5) is 5.01. The van der Waals surface area contributed by atoms with E-state index in [2.05, 4.69) is 50.0 Å². The van der Waals surface area contributed by atoms with Crippen molar-refractivity contribution in [3.63, 3.8) is 0 Å². The van der Waals surface area contributed by atoms with Gasteiger partial charge in [-0.25, -0.2) is 0 Å². The van der Waals surface area contributed by atoms with E-state index in [1.54, 1.807) is 0 Å². The molecule has 0 radical (unpaired) electrons. The van der Waals surface area contributed by atoms with Gasteiger partial charge >= 0.3 is 0 Å². The Bertz CT molecular complexity index is 218. The molecule has 0 aromatic rings. The first-order valence-corrected chi connectivity index (χ1v) is 7.66. The Labute approximate surface area is 114 Å². The van der Waals surface area contributed by atoms with Crippen LogP contribution in [0.2, 0.25) is 0 Å². The van der Waals surface area contributed by atoms with Gasteiger partial charge in [0.2, 0.25) is 0 Å². The van der Waals surface area contributed by atoms with Crippen molar-refractivity contribution in [3.05, 3.63) is 0 Å². The summed E-state index contributed by atoms with van der Waals surface area (Å²) in [5, 5.41) is 3.71. The highest BCUT2D eigenvalue weighted by Gasteiger charge is 2.28. The highest BCUT2D eigenvalue weighted by molar-refractivity contribution is 4.88. The Hall–Kier alpha value is -0.120. The molecule has 0 amide bonds. The third kappa shape index (κ3) is 5.25. The van der Waals surface area contributed by atoms with Crippen LogP contribution in [0.15, 0.2) is 0 Å². The van der Waals surface area contributed by atoms with Gasteiger partial charge in [-0.3, -0.25) is 4.90 Å². The van der Waals surface area contributed by atoms with Crippen molar-refractivity contribution in [2.75, 3.05) is 40.3 Å². The van der Waals surface area contributed by atoms with Crippen LogP contribution in [-0.4, -0.2) is 62.2 Å². The van der Waals surface area contributed by atoms with Crippen LogP contribution in [0.5, 0.6) is 0 Å². The summed E-state index contributed by atoms with van der Waals surface area (Å²) in [6.45, 7) is 11.6. The van der Waals surface area contributed by atoms with Crippen molar-refractivity contribution >= 4 is 0 Å². The summed E-state index contributed by atoms with van der Waals surface area (Å²) >= 11 is 0. The second-order valence-electron chi connectivity index (χ2n) is 6.30. The Morgan fingerprint density at radius 1 is 1.17 bits per heavy atom. The number of nitrogens with zero attached hydrogens (tertiary/aromatic N) is 2. The van der Waals surface area contributed by atoms with E-state index in [-0.39, 0.29) is 0 Å². The number of likely N-dealkylation sites (N-methyl/N-ethyl adjacent to an activating group) is 3. The van der Waals surface area contributed by atoms with E-state index >= 15 is 0 Å². The van der Waals surface area contributed by atoms with Crippen molar-refractivity contribution in [1.82, 2.24) is 15.1 Å². The van der Waals surface area contributed by atoms with Gasteiger partial charge in [0.1, 0.15) is 0 Å². The molecule has 1 fully saturated rings. The number of hydrogen-bond donors (Lipinski definition) is 1. The maximum absolute atomic E-state index is 3.71. The lowest BCUT2D eigenvalue weighted by Crippen LogP contribution is -2.58. The second-order valence-corrected chi connectivity index (χ2v) is 6.30. The Morgan fingerprint density at radius 2 is 1.89 bits per heavy atom. The second kappa shape index (κ2) is 8.13. The molecule has 0 bridgehead atoms. The van der Waals surface area contributed by atoms with Crippen LogP contribution in [-0.2, 0) is 0 Å². The van der Waals surface area contributed by atoms with Crippen LogP contribution in [0.1, 0.15) is 40.0 Å². The predicted molar refractivity (Wildman–Crippen MR) is 80.1 cm³/mol. The number of rotatable bonds is 7. The van der Waals surface area contributed by atoms with Gasteiger partial charge in [-0.1, -0.05) is 33.6 Å². The molecule has 1 saturated heterocycles. The number of hydrogen-bond acceptors (Lipinski definition) is 3. The van der Waals surface area contributed by atoms with Crippen molar-refractivity contribution in [2.24, 2.45) is 5.92 Å². The molecule has 0 spiro atoms. The summed E-state index contributed by atoms with van der Waals surface area (Å²) in [5.41, 5.74) is 0. The van der Waals surface area contributed by atoms with Crippen molar-refractivity contribution in [2.45, 2.75) is 52.1 Å². The lowest BCUT2D eigenvalue weighted by Gasteiger charge is -2.42. The largest absolute Gasteiger partial charge is 0.313 e. The van der Waals surface area contributed by atoms with Gasteiger partial charge in [-0.05, 0) is 33.0 Å². The molecule has 2 atom stereocenters. The quantitative estimate of drug-likeness (QED) is 0.751. The number of nitrogens with one attached hydrogen (secondary N) is 1. The first kappa shape index (κ1) is 15.9. The van der Waals surface area contributed by atoms with E-state index in [1.165, 1.54) is 38.9 Å². The van der Waals surface area contributed by atoms with E-state index < -0.39 is 0 Å². The molecule has 1 rings (SSSR count). The van der Waals surface area contributed by atoms with Crippen molar-refractivity contribution in [3.8, 4) is 0 Å². The normalized spacial score (nSPS) is 24.7. The van der Waals surface area contributed by atoms with E-state index in [1.807, 2.05) is 0 Å². The molecule has 0 aromatic heterocycles. The Morgan fingerprint density at radius 3 is 2.50 bits per heavy atom. The highest BCUT2D eigenvalue weighted by Crippen LogP contribution is 2.16. The fourth-order valence-corrected chi connectivity index (χ4v) is 2.92. The molecule has 18 heavy (non-hydrogen) atoms. The molecule has 108 valence electrons. The first-order chi connectivity index (χ1) is 8.54. The molecule has 1 aliphatic rings. The Kier molecular flexibility index (Phi) is 7.20. The standard InChI is InChI=1S/C15H33N3/c1-6-16-14(9-7-8-13(2)3)15-12-17(4)10-11-18(15)5/h13-16H,6-12H2,1-5H3. The van der Waals surface area contributed by atoms with Gasteiger partial charge < -0.3 is 10.2 Å². The van der Waals surface area contributed by atoms with Crippen LogP contribution in [0.3, 0.4) is 0 Å². The molecule has 1 heterocycles. The molecule has 3 heteroatoms. The average Bonchev–Trinajstić information content (AvgIpc) is 2.31. The third-order valence-corrected chi connectivity index (χ3v) is 4.13. The van der Waals surface area contributed by atoms with Gasteiger partial charge in [-0.2, -0.15) is 0 Å². The van der Waals surface area contributed by atoms with E-state index in [0.29, 0.717) is 12.1 Å². The summed E-state index contributed by atoms with van der Waals surface area (Å²) in [6, 6.07) is 1.33. The van der Waals surface area contributed by atoms with E-state index in [4.69, 9.17) is 0 Å². The zero-order valence-electron chi connectivity index (χ0n) is 13.1. The summed E-state index contributed by atoms with van der Waals surface area (Å²) in [6.07, 6.45) is 4.02. The molecule has 2 unspecified atom stereocenters. The van der Waals surface area contributed by atoms with Crippen molar-refractivity contribution < 1.29 is 0 Å². The van der Waals surface area contributed by atoms with Gasteiger partial charge in [0, 0.05) is 31.7 Å². The maximum Gasteiger partial charge on any atom is 0.0373 e. The Balaban J connectivity index is 2.47. The monoisotopic (exact) mass is 255 g/mol. The van der Waals surface area contributed by atoms with Crippen molar-refractivity contribution in [1.29, 1.82) is 0 Å². The molecule has 3 nitrogen and oxygen atoms in total. The summed E-state index contributed by atoms with van der Waals surface area (Å²) in [5.74, 6) is 0.832. The van der Waals surface area contributed by atoms with Gasteiger partial charge in [0.05, 0.1) is 0 Å². The molecule has 0 aliphatic carbocycles. The SMILES string of the molecule is CCNC(CCCC(C)C)C1CN(C)CCN1C. The van der Waals surface area contributed by atoms with E-state index in [0.717, 1.165) is 12.5 Å². The lowest BCUT2D eigenvalue weighted by atomic mass is 9.96. The predicted octanol–water partition coefficient (Wildman–Crippen LogP) is 2.04. The van der Waals surface area contributed by atoms with Gasteiger partial charge in [-0.15, -0.1) is 0 Å². The zero-order valence-corrected chi connectivity index (χ0v) is 13.1. The number of piperazine rings is 1. The van der Waals surface area contributed by atoms with Crippen LogP contribution < -0.4 is 5.32 Å². The first-order valence-electron chi connectivity index (χ1n) is 7.66. The van der Waals surface area contributed by atoms with Crippen LogP contribution >= 0.6 is 0 Å². The minimum atomic E-state index is 0.654. The smallest absolute Gasteiger partial charge is 0.0373 e. The summed E-state index contributed by atoms with van der Waals surface area (Å²) < 4.78 is 0. The minimum absolute atomic E-state index is 0.654. The third-order valence-electron chi connectivity index (χ3n) is 4.13. The molecule has 0 saturated carbocycles. The average molecular weight is 255 g/mol. The maximum atomic E-state index is 3.71. The highest BCUT2D eigenvalue weighted by atomic mass is 15.3. The molecule has 1 N–H and O–H groups in total. The van der Waals surface area contributed by atoms with Crippen LogP contribution in [0, 0.1) is 5.92 Å². The fraction of sp³-hybridized carbons (Fsp3) is 1.00. The molecule has 1 aliphatic heterocycles. The van der Waals surface area contributed by atoms with Crippen LogP contribution in [0.25, 0.3) is 0 Å². The molecule has 0 aromatic carbocycles. The molecular weight excluding hydrogens is 222 g/mol. The zero-order chi connectivity index (χ0) is 13.5.